The summed E-state index contributed by atoms with van der Waals surface area (Å²) in [4.78, 5) is 11.5. The summed E-state index contributed by atoms with van der Waals surface area (Å²) < 4.78 is 4.58. The van der Waals surface area contributed by atoms with Crippen LogP contribution < -0.4 is 5.43 Å². The van der Waals surface area contributed by atoms with Gasteiger partial charge in [-0.05, 0) is 12.1 Å². The molecular weight excluding hydrogens is 256 g/mol. The minimum Gasteiger partial charge on any atom is -0.465 e. The van der Waals surface area contributed by atoms with E-state index >= 15 is 0 Å². The summed E-state index contributed by atoms with van der Waals surface area (Å²) in [6.45, 7) is 0. The highest BCUT2D eigenvalue weighted by Crippen LogP contribution is 2.26. The second kappa shape index (κ2) is 6.24. The highest BCUT2D eigenvalue weighted by atomic mass is 35.5. The van der Waals surface area contributed by atoms with Gasteiger partial charge in [0, 0.05) is 0 Å². The van der Waals surface area contributed by atoms with Gasteiger partial charge < -0.3 is 4.74 Å². The molecule has 1 rings (SSSR count). The van der Waals surface area contributed by atoms with Gasteiger partial charge in [0.25, 0.3) is 0 Å². The normalized spacial score (nSPS) is 8.67. The lowest BCUT2D eigenvalue weighted by molar-refractivity contribution is 0.0602. The van der Waals surface area contributed by atoms with E-state index in [4.69, 9.17) is 22.1 Å². The third-order valence-corrected chi connectivity index (χ3v) is 2.23. The topological polar surface area (TPSA) is 98.3 Å². The van der Waals surface area contributed by atoms with Crippen LogP contribution in [0.5, 0.6) is 0 Å². The van der Waals surface area contributed by atoms with Crippen LogP contribution in [0.15, 0.2) is 23.3 Å². The Hall–Kier alpha value is -2.57. The van der Waals surface area contributed by atoms with Crippen LogP contribution in [0.3, 0.4) is 0 Å². The SMILES string of the molecule is COC(=O)c1cccc(Cl)c1NN=C(C#N)C#N. The van der Waals surface area contributed by atoms with E-state index in [9.17, 15) is 4.79 Å². The lowest BCUT2D eigenvalue weighted by atomic mass is 10.2. The van der Waals surface area contributed by atoms with E-state index in [1.165, 1.54) is 19.2 Å². The van der Waals surface area contributed by atoms with E-state index in [-0.39, 0.29) is 22.0 Å². The van der Waals surface area contributed by atoms with Crippen LogP contribution in [0, 0.1) is 22.7 Å². The molecule has 0 saturated carbocycles. The predicted octanol–water partition coefficient (Wildman–Crippen LogP) is 1.94. The van der Waals surface area contributed by atoms with Gasteiger partial charge in [-0.1, -0.05) is 17.7 Å². The van der Waals surface area contributed by atoms with Gasteiger partial charge in [-0.3, -0.25) is 5.43 Å². The molecular formula is C11H7ClN4O2. The molecule has 0 radical (unpaired) electrons. The van der Waals surface area contributed by atoms with Crippen LogP contribution >= 0.6 is 11.6 Å². The molecule has 0 amide bonds. The van der Waals surface area contributed by atoms with Crippen molar-refractivity contribution in [2.45, 2.75) is 0 Å². The third-order valence-electron chi connectivity index (χ3n) is 1.91. The maximum atomic E-state index is 11.5. The minimum absolute atomic E-state index is 0.156. The average molecular weight is 263 g/mol. The Bertz CT molecular complexity index is 568. The van der Waals surface area contributed by atoms with Gasteiger partial charge in [0.15, 0.2) is 0 Å². The molecule has 0 heterocycles. The standard InChI is InChI=1S/C11H7ClN4O2/c1-18-11(17)8-3-2-4-9(12)10(8)16-15-7(5-13)6-14/h2-4,16H,1H3. The van der Waals surface area contributed by atoms with E-state index in [2.05, 4.69) is 15.3 Å². The molecule has 0 saturated heterocycles. The van der Waals surface area contributed by atoms with Gasteiger partial charge in [0.1, 0.15) is 12.1 Å². The van der Waals surface area contributed by atoms with Gasteiger partial charge in [-0.25, -0.2) is 4.79 Å². The van der Waals surface area contributed by atoms with E-state index in [1.54, 1.807) is 18.2 Å². The number of nitriles is 2. The van der Waals surface area contributed by atoms with Gasteiger partial charge in [-0.2, -0.15) is 15.6 Å². The summed E-state index contributed by atoms with van der Waals surface area (Å²) in [5, 5.41) is 20.8. The quantitative estimate of drug-likeness (QED) is 0.510. The number of halogens is 1. The fourth-order valence-corrected chi connectivity index (χ4v) is 1.32. The number of nitrogens with one attached hydrogen (secondary N) is 1. The van der Waals surface area contributed by atoms with E-state index in [0.29, 0.717) is 0 Å². The molecule has 0 aliphatic heterocycles. The number of methoxy groups -OCH3 is 1. The van der Waals surface area contributed by atoms with Gasteiger partial charge in [0.2, 0.25) is 5.71 Å². The number of esters is 1. The van der Waals surface area contributed by atoms with Crippen molar-refractivity contribution in [2.24, 2.45) is 5.10 Å². The Kier molecular flexibility index (Phi) is 4.67. The molecule has 0 spiro atoms. The van der Waals surface area contributed by atoms with Crippen LogP contribution in [0.4, 0.5) is 5.69 Å². The summed E-state index contributed by atoms with van der Waals surface area (Å²) >= 11 is 5.89. The maximum Gasteiger partial charge on any atom is 0.340 e. The van der Waals surface area contributed by atoms with Crippen molar-refractivity contribution in [3.63, 3.8) is 0 Å². The number of nitrogens with zero attached hydrogens (tertiary/aromatic N) is 3. The Balaban J connectivity index is 3.17. The van der Waals surface area contributed by atoms with Gasteiger partial charge >= 0.3 is 5.97 Å². The molecule has 0 aromatic heterocycles. The summed E-state index contributed by atoms with van der Waals surface area (Å²) in [6, 6.07) is 7.72. The van der Waals surface area contributed by atoms with Crippen LogP contribution in [-0.4, -0.2) is 18.8 Å². The number of para-hydroxylation sites is 1. The monoisotopic (exact) mass is 262 g/mol. The number of rotatable bonds is 3. The molecule has 0 fully saturated rings. The van der Waals surface area contributed by atoms with E-state index in [0.717, 1.165) is 0 Å². The van der Waals surface area contributed by atoms with Crippen LogP contribution in [0.1, 0.15) is 10.4 Å². The molecule has 1 aromatic carbocycles. The summed E-state index contributed by atoms with van der Waals surface area (Å²) in [6.07, 6.45) is 0. The molecule has 0 aliphatic rings. The molecule has 1 N–H and O–H groups in total. The number of carbonyl (C=O) groups is 1. The van der Waals surface area contributed by atoms with Crippen molar-refractivity contribution in [1.29, 1.82) is 10.5 Å². The summed E-state index contributed by atoms with van der Waals surface area (Å²) in [7, 11) is 1.23. The molecule has 1 aromatic rings. The molecule has 0 atom stereocenters. The molecule has 0 aliphatic carbocycles. The number of hydrogen-bond acceptors (Lipinski definition) is 6. The molecule has 18 heavy (non-hydrogen) atoms. The Labute approximate surface area is 108 Å². The zero-order valence-electron chi connectivity index (χ0n) is 9.27. The highest BCUT2D eigenvalue weighted by Gasteiger charge is 2.14. The van der Waals surface area contributed by atoms with Gasteiger partial charge in [0.05, 0.1) is 23.4 Å². The lowest BCUT2D eigenvalue weighted by Crippen LogP contribution is -2.07. The molecule has 0 unspecified atom stereocenters. The molecule has 7 heteroatoms. The first-order valence-corrected chi connectivity index (χ1v) is 5.02. The van der Waals surface area contributed by atoms with Crippen molar-refractivity contribution in [2.75, 3.05) is 12.5 Å². The second-order valence-electron chi connectivity index (χ2n) is 2.95. The van der Waals surface area contributed by atoms with Crippen molar-refractivity contribution >= 4 is 29.0 Å². The minimum atomic E-state index is -0.606. The number of hydrogen-bond donors (Lipinski definition) is 1. The summed E-state index contributed by atoms with van der Waals surface area (Å²) in [5.74, 6) is -0.606. The first-order chi connectivity index (χ1) is 8.63. The first kappa shape index (κ1) is 13.5. The maximum absolute atomic E-state index is 11.5. The summed E-state index contributed by atoms with van der Waals surface area (Å²) in [5.41, 5.74) is 2.36. The number of benzene rings is 1. The fourth-order valence-electron chi connectivity index (χ4n) is 1.10. The van der Waals surface area contributed by atoms with Crippen molar-refractivity contribution in [1.82, 2.24) is 0 Å². The fraction of sp³-hybridized carbons (Fsp3) is 0.0909. The lowest BCUT2D eigenvalue weighted by Gasteiger charge is -2.08. The zero-order valence-corrected chi connectivity index (χ0v) is 10.0. The Morgan fingerprint density at radius 1 is 1.44 bits per heavy atom. The number of carbonyl (C=O) groups excluding carboxylic acids is 1. The highest BCUT2D eigenvalue weighted by molar-refractivity contribution is 6.34. The average Bonchev–Trinajstić information content (AvgIpc) is 2.40. The van der Waals surface area contributed by atoms with Crippen LogP contribution in [0.25, 0.3) is 0 Å². The first-order valence-electron chi connectivity index (χ1n) is 4.64. The molecule has 90 valence electrons. The smallest absolute Gasteiger partial charge is 0.340 e. The predicted molar refractivity (Wildman–Crippen MR) is 65.1 cm³/mol. The van der Waals surface area contributed by atoms with Crippen molar-refractivity contribution < 1.29 is 9.53 Å². The van der Waals surface area contributed by atoms with E-state index < -0.39 is 5.97 Å². The van der Waals surface area contributed by atoms with Crippen molar-refractivity contribution in [3.8, 4) is 12.1 Å². The molecule has 0 bridgehead atoms. The number of ether oxygens (including phenoxy) is 1. The Morgan fingerprint density at radius 2 is 2.11 bits per heavy atom. The van der Waals surface area contributed by atoms with Crippen LogP contribution in [0.2, 0.25) is 5.02 Å². The number of anilines is 1. The second-order valence-corrected chi connectivity index (χ2v) is 3.36. The Morgan fingerprint density at radius 3 is 2.67 bits per heavy atom. The van der Waals surface area contributed by atoms with Gasteiger partial charge in [-0.15, -0.1) is 0 Å². The largest absolute Gasteiger partial charge is 0.465 e. The van der Waals surface area contributed by atoms with Crippen LogP contribution in [-0.2, 0) is 4.74 Å². The third kappa shape index (κ3) is 2.97. The number of hydrazone groups is 1. The molecule has 6 nitrogen and oxygen atoms in total. The van der Waals surface area contributed by atoms with E-state index in [1.807, 2.05) is 0 Å². The zero-order chi connectivity index (χ0) is 13.5. The van der Waals surface area contributed by atoms with Crippen molar-refractivity contribution in [3.05, 3.63) is 28.8 Å².